The van der Waals surface area contributed by atoms with Gasteiger partial charge in [0.05, 0.1) is 0 Å². The fourth-order valence-electron chi connectivity index (χ4n) is 0.800. The molecule has 0 N–H and O–H groups in total. The predicted molar refractivity (Wildman–Crippen MR) is 82.2 cm³/mol. The maximum atomic E-state index is 3.44. The molecular formula is C8H3Br6. The first-order chi connectivity index (χ1) is 6.21. The molecular weight excluding hydrogens is 576 g/mol. The van der Waals surface area contributed by atoms with Gasteiger partial charge in [-0.05, 0) is 17.2 Å². The lowest BCUT2D eigenvalue weighted by molar-refractivity contribution is 1.27. The largest absolute Gasteiger partial charge is 0.160 e. The van der Waals surface area contributed by atoms with Crippen LogP contribution < -0.4 is 0 Å². The molecule has 0 aliphatic rings. The lowest BCUT2D eigenvalue weighted by Crippen LogP contribution is -2.03. The van der Waals surface area contributed by atoms with Gasteiger partial charge in [-0.3, -0.25) is 0 Å². The van der Waals surface area contributed by atoms with Gasteiger partial charge in [-0.2, -0.15) is 0 Å². The number of alkyl halides is 6. The van der Waals surface area contributed by atoms with Crippen molar-refractivity contribution < 1.29 is 0 Å². The Bertz CT molecular complexity index is 292. The minimum atomic E-state index is -0.429. The molecule has 6 heteroatoms. The van der Waals surface area contributed by atoms with Gasteiger partial charge in [0, 0.05) is 0 Å². The molecule has 1 rings (SSSR count). The molecule has 0 aromatic heterocycles. The van der Waals surface area contributed by atoms with E-state index in [1.165, 1.54) is 0 Å². The molecule has 0 atom stereocenters. The number of benzene rings is 1. The predicted octanol–water partition coefficient (Wildman–Crippen LogP) is 6.08. The van der Waals surface area contributed by atoms with Crippen molar-refractivity contribution in [3.8, 4) is 0 Å². The Morgan fingerprint density at radius 1 is 0.786 bits per heavy atom. The van der Waals surface area contributed by atoms with Gasteiger partial charge in [-0.25, -0.2) is 0 Å². The second-order valence-electron chi connectivity index (χ2n) is 2.47. The average molecular weight is 579 g/mol. The van der Waals surface area contributed by atoms with E-state index in [9.17, 15) is 0 Å². The molecule has 0 amide bonds. The SMILES string of the molecule is BrC(Br)(Br)c1[c]c(C(Br)(Br)Br)ccc1. The lowest BCUT2D eigenvalue weighted by atomic mass is 10.2. The van der Waals surface area contributed by atoms with Crippen LogP contribution in [-0.2, 0) is 4.29 Å². The second kappa shape index (κ2) is 5.17. The summed E-state index contributed by atoms with van der Waals surface area (Å²) in [6.07, 6.45) is 0. The molecule has 0 aliphatic heterocycles. The summed E-state index contributed by atoms with van der Waals surface area (Å²) in [7, 11) is 0. The van der Waals surface area contributed by atoms with Crippen molar-refractivity contribution in [2.24, 2.45) is 0 Å². The molecule has 77 valence electrons. The molecule has 0 aliphatic carbocycles. The van der Waals surface area contributed by atoms with Gasteiger partial charge in [0.15, 0.2) is 4.29 Å². The summed E-state index contributed by atoms with van der Waals surface area (Å²) in [6, 6.07) is 9.12. The van der Waals surface area contributed by atoms with Crippen molar-refractivity contribution in [3.63, 3.8) is 0 Å². The fourth-order valence-corrected chi connectivity index (χ4v) is 2.19. The van der Waals surface area contributed by atoms with Crippen molar-refractivity contribution in [1.29, 1.82) is 0 Å². The first-order valence-corrected chi connectivity index (χ1v) is 8.14. The van der Waals surface area contributed by atoms with Gasteiger partial charge in [-0.15, -0.1) is 0 Å². The Balaban J connectivity index is 3.15. The van der Waals surface area contributed by atoms with Crippen molar-refractivity contribution in [2.75, 3.05) is 0 Å². The third-order valence-corrected chi connectivity index (χ3v) is 3.97. The van der Waals surface area contributed by atoms with Crippen LogP contribution in [0.1, 0.15) is 11.1 Å². The average Bonchev–Trinajstić information content (AvgIpc) is 2.01. The second-order valence-corrected chi connectivity index (χ2v) is 16.0. The lowest BCUT2D eigenvalue weighted by Gasteiger charge is -2.17. The van der Waals surface area contributed by atoms with Crippen molar-refractivity contribution in [3.05, 3.63) is 35.4 Å². The molecule has 0 spiro atoms. The maximum Gasteiger partial charge on any atom is 0.160 e. The highest BCUT2D eigenvalue weighted by molar-refractivity contribution is 9.39. The van der Waals surface area contributed by atoms with E-state index in [-0.39, 0.29) is 0 Å². The van der Waals surface area contributed by atoms with Gasteiger partial charge in [0.1, 0.15) is 0 Å². The minimum absolute atomic E-state index is 0.429. The van der Waals surface area contributed by atoms with Crippen LogP contribution in [0.5, 0.6) is 0 Å². The highest BCUT2D eigenvalue weighted by Gasteiger charge is 2.26. The smallest absolute Gasteiger partial charge is 0.0615 e. The van der Waals surface area contributed by atoms with Crippen molar-refractivity contribution in [2.45, 2.75) is 4.29 Å². The molecule has 0 saturated carbocycles. The zero-order chi connectivity index (χ0) is 11.0. The fraction of sp³-hybridized carbons (Fsp3) is 0.250. The summed E-state index contributed by atoms with van der Waals surface area (Å²) < 4.78 is -0.859. The van der Waals surface area contributed by atoms with Crippen LogP contribution in [0.4, 0.5) is 0 Å². The number of hydrogen-bond acceptors (Lipinski definition) is 0. The molecule has 0 fully saturated rings. The van der Waals surface area contributed by atoms with E-state index in [0.717, 1.165) is 11.1 Å². The Hall–Kier alpha value is 2.10. The zero-order valence-corrected chi connectivity index (χ0v) is 16.0. The summed E-state index contributed by atoms with van der Waals surface area (Å²) in [6.45, 7) is 0. The molecule has 0 unspecified atom stereocenters. The van der Waals surface area contributed by atoms with Crippen LogP contribution in [0, 0.1) is 6.07 Å². The van der Waals surface area contributed by atoms with Gasteiger partial charge in [0.25, 0.3) is 0 Å². The standard InChI is InChI=1S/C8H3Br6/c9-7(10,11)5-2-1-3-6(4-5)8(12,13)14/h1-3H. The Morgan fingerprint density at radius 2 is 1.14 bits per heavy atom. The number of halogens is 6. The third-order valence-electron chi connectivity index (χ3n) is 1.41. The summed E-state index contributed by atoms with van der Waals surface area (Å²) in [5.74, 6) is 0. The molecule has 0 nitrogen and oxygen atoms in total. The number of rotatable bonds is 0. The monoisotopic (exact) mass is 573 g/mol. The van der Waals surface area contributed by atoms with Gasteiger partial charge < -0.3 is 0 Å². The van der Waals surface area contributed by atoms with Crippen LogP contribution in [0.3, 0.4) is 0 Å². The van der Waals surface area contributed by atoms with Crippen LogP contribution in [0.25, 0.3) is 0 Å². The van der Waals surface area contributed by atoms with E-state index in [1.807, 2.05) is 18.2 Å². The maximum absolute atomic E-state index is 3.44. The van der Waals surface area contributed by atoms with E-state index in [2.05, 4.69) is 102 Å². The van der Waals surface area contributed by atoms with E-state index < -0.39 is 4.29 Å². The first-order valence-electron chi connectivity index (χ1n) is 3.38. The minimum Gasteiger partial charge on any atom is -0.0615 e. The topological polar surface area (TPSA) is 0 Å². The quantitative estimate of drug-likeness (QED) is 0.328. The molecule has 1 aromatic carbocycles. The van der Waals surface area contributed by atoms with Gasteiger partial charge >= 0.3 is 0 Å². The summed E-state index contributed by atoms with van der Waals surface area (Å²) in [5, 5.41) is 0. The zero-order valence-electron chi connectivity index (χ0n) is 6.50. The van der Waals surface area contributed by atoms with E-state index in [0.29, 0.717) is 0 Å². The Morgan fingerprint density at radius 3 is 1.43 bits per heavy atom. The summed E-state index contributed by atoms with van der Waals surface area (Å²) in [5.41, 5.74) is 1.91. The molecule has 14 heavy (non-hydrogen) atoms. The van der Waals surface area contributed by atoms with Crippen LogP contribution >= 0.6 is 95.6 Å². The van der Waals surface area contributed by atoms with Crippen LogP contribution in [0.15, 0.2) is 18.2 Å². The third kappa shape index (κ3) is 4.17. The molecule has 0 heterocycles. The summed E-state index contributed by atoms with van der Waals surface area (Å²) in [4.78, 5) is 0. The molecule has 0 saturated heterocycles. The Kier molecular flexibility index (Phi) is 5.23. The van der Waals surface area contributed by atoms with E-state index in [4.69, 9.17) is 0 Å². The Labute approximate surface area is 133 Å². The van der Waals surface area contributed by atoms with E-state index >= 15 is 0 Å². The summed E-state index contributed by atoms with van der Waals surface area (Å²) >= 11 is 20.7. The van der Waals surface area contributed by atoms with Gasteiger partial charge in [-0.1, -0.05) is 114 Å². The highest BCUT2D eigenvalue weighted by atomic mass is 80.0. The van der Waals surface area contributed by atoms with Crippen molar-refractivity contribution >= 4 is 95.6 Å². The first kappa shape index (κ1) is 14.2. The van der Waals surface area contributed by atoms with Crippen LogP contribution in [0.2, 0.25) is 0 Å². The van der Waals surface area contributed by atoms with Crippen molar-refractivity contribution in [1.82, 2.24) is 0 Å². The molecule has 0 bridgehead atoms. The van der Waals surface area contributed by atoms with Gasteiger partial charge in [0.2, 0.25) is 0 Å². The van der Waals surface area contributed by atoms with E-state index in [1.54, 1.807) is 0 Å². The van der Waals surface area contributed by atoms with Crippen LogP contribution in [-0.4, -0.2) is 0 Å². The normalized spacial score (nSPS) is 13.0. The number of hydrogen-bond donors (Lipinski definition) is 0. The highest BCUT2D eigenvalue weighted by Crippen LogP contribution is 2.48. The molecule has 1 aromatic rings. The molecule has 1 radical (unpaired) electrons.